The summed E-state index contributed by atoms with van der Waals surface area (Å²) in [5.41, 5.74) is 5.43. The summed E-state index contributed by atoms with van der Waals surface area (Å²) >= 11 is 0. The van der Waals surface area contributed by atoms with Gasteiger partial charge < -0.3 is 19.2 Å². The van der Waals surface area contributed by atoms with Crippen molar-refractivity contribution in [1.82, 2.24) is 9.38 Å². The largest absolute Gasteiger partial charge is 0.465 e. The summed E-state index contributed by atoms with van der Waals surface area (Å²) in [6, 6.07) is 11.6. The van der Waals surface area contributed by atoms with Gasteiger partial charge in [0.2, 0.25) is 0 Å². The third-order valence-electron chi connectivity index (χ3n) is 5.82. The fraction of sp³-hybridized carbons (Fsp3) is 0.391. The molecule has 0 amide bonds. The number of methoxy groups -OCH3 is 1. The van der Waals surface area contributed by atoms with E-state index in [-0.39, 0.29) is 18.4 Å². The van der Waals surface area contributed by atoms with Gasteiger partial charge >= 0.3 is 5.97 Å². The molecular weight excluding hydrogens is 414 g/mol. The van der Waals surface area contributed by atoms with Crippen molar-refractivity contribution in [1.29, 1.82) is 0 Å². The van der Waals surface area contributed by atoms with E-state index in [1.54, 1.807) is 14.0 Å². The Morgan fingerprint density at radius 1 is 1.23 bits per heavy atom. The third kappa shape index (κ3) is 3.85. The number of ether oxygens (including phenoxy) is 2. The molecule has 2 aromatic heterocycles. The van der Waals surface area contributed by atoms with E-state index in [0.29, 0.717) is 0 Å². The van der Waals surface area contributed by atoms with Crippen LogP contribution in [-0.4, -0.2) is 45.1 Å². The van der Waals surface area contributed by atoms with E-state index in [1.165, 1.54) is 0 Å². The van der Waals surface area contributed by atoms with Crippen LogP contribution in [0.25, 0.3) is 5.65 Å². The Bertz CT molecular complexity index is 1130. The minimum Gasteiger partial charge on any atom is -0.465 e. The van der Waals surface area contributed by atoms with E-state index in [0.717, 1.165) is 33.8 Å². The summed E-state index contributed by atoms with van der Waals surface area (Å²) < 4.78 is 26.5. The zero-order valence-corrected chi connectivity index (χ0v) is 18.9. The van der Waals surface area contributed by atoms with Gasteiger partial charge in [0.1, 0.15) is 5.75 Å². The van der Waals surface area contributed by atoms with Crippen LogP contribution in [0, 0.1) is 13.8 Å². The monoisotopic (exact) mass is 441 g/mol. The second-order valence-electron chi connectivity index (χ2n) is 7.61. The first-order valence-electron chi connectivity index (χ1n) is 10.3. The number of anilines is 1. The highest BCUT2D eigenvalue weighted by molar-refractivity contribution is 7.86. The van der Waals surface area contributed by atoms with Gasteiger partial charge in [-0.25, -0.2) is 4.98 Å². The molecule has 4 unspecified atom stereocenters. The topological polar surface area (TPSA) is 81.9 Å². The molecule has 3 aromatic rings. The van der Waals surface area contributed by atoms with Gasteiger partial charge in [0.15, 0.2) is 5.65 Å². The Balaban J connectivity index is 1.87. The normalized spacial score (nSPS) is 21.4. The molecule has 1 aromatic carbocycles. The van der Waals surface area contributed by atoms with E-state index >= 15 is 0 Å². The molecule has 1 aliphatic heterocycles. The fourth-order valence-corrected chi connectivity index (χ4v) is 5.76. The first-order valence-corrected chi connectivity index (χ1v) is 11.7. The number of carbonyl (C=O) groups is 1. The van der Waals surface area contributed by atoms with Crippen LogP contribution in [0.3, 0.4) is 0 Å². The highest BCUT2D eigenvalue weighted by Gasteiger charge is 2.42. The first kappa shape index (κ1) is 21.5. The SMILES string of the molecule is CCOC(=O)CS(=O)C1c2ccn3c(C)c(C)nc3c2NC(c2ccccc2)C1OC. The molecule has 0 radical (unpaired) electrons. The quantitative estimate of drug-likeness (QED) is 0.590. The molecule has 0 bridgehead atoms. The number of rotatable bonds is 6. The summed E-state index contributed by atoms with van der Waals surface area (Å²) in [5.74, 6) is -0.655. The van der Waals surface area contributed by atoms with Gasteiger partial charge in [-0.3, -0.25) is 9.00 Å². The fourth-order valence-electron chi connectivity index (χ4n) is 4.22. The Kier molecular flexibility index (Phi) is 6.11. The van der Waals surface area contributed by atoms with Crippen LogP contribution in [0.5, 0.6) is 0 Å². The molecule has 31 heavy (non-hydrogen) atoms. The molecule has 0 saturated carbocycles. The predicted octanol–water partition coefficient (Wildman–Crippen LogP) is 3.49. The predicted molar refractivity (Wildman–Crippen MR) is 121 cm³/mol. The molecule has 164 valence electrons. The number of hydrogen-bond acceptors (Lipinski definition) is 6. The van der Waals surface area contributed by atoms with Crippen LogP contribution in [0.2, 0.25) is 0 Å². The standard InChI is InChI=1S/C23H27N3O4S/c1-5-30-18(27)13-31(28)22-17-11-12-26-15(3)14(2)24-23(26)20(17)25-19(21(22)29-4)16-9-7-6-8-10-16/h6-12,19,21-22,25H,5,13H2,1-4H3. The summed E-state index contributed by atoms with van der Waals surface area (Å²) in [6.07, 6.45) is 1.50. The van der Waals surface area contributed by atoms with Gasteiger partial charge in [0.25, 0.3) is 0 Å². The second kappa shape index (κ2) is 8.80. The maximum absolute atomic E-state index is 13.5. The minimum absolute atomic E-state index is 0.184. The number of hydrogen-bond donors (Lipinski definition) is 1. The summed E-state index contributed by atoms with van der Waals surface area (Å²) in [7, 11) is 0.0734. The first-order chi connectivity index (χ1) is 15.0. The van der Waals surface area contributed by atoms with E-state index < -0.39 is 28.1 Å². The Morgan fingerprint density at radius 2 is 1.97 bits per heavy atom. The van der Waals surface area contributed by atoms with Crippen molar-refractivity contribution in [2.75, 3.05) is 24.8 Å². The van der Waals surface area contributed by atoms with Crippen molar-refractivity contribution in [3.05, 3.63) is 65.1 Å². The molecule has 0 fully saturated rings. The number of pyridine rings is 1. The van der Waals surface area contributed by atoms with Crippen LogP contribution >= 0.6 is 0 Å². The highest BCUT2D eigenvalue weighted by Crippen LogP contribution is 2.45. The van der Waals surface area contributed by atoms with E-state index in [2.05, 4.69) is 5.32 Å². The molecule has 4 atom stereocenters. The molecule has 1 aliphatic rings. The van der Waals surface area contributed by atoms with Crippen LogP contribution in [0.15, 0.2) is 42.6 Å². The molecule has 8 heteroatoms. The number of fused-ring (bicyclic) bond motifs is 3. The van der Waals surface area contributed by atoms with Gasteiger partial charge in [0, 0.05) is 29.8 Å². The zero-order valence-electron chi connectivity index (χ0n) is 18.1. The van der Waals surface area contributed by atoms with Crippen molar-refractivity contribution in [2.24, 2.45) is 0 Å². The lowest BCUT2D eigenvalue weighted by atomic mass is 9.90. The lowest BCUT2D eigenvalue weighted by Crippen LogP contribution is -2.40. The molecule has 0 spiro atoms. The van der Waals surface area contributed by atoms with Gasteiger partial charge in [-0.15, -0.1) is 0 Å². The number of imidazole rings is 1. The number of carbonyl (C=O) groups excluding carboxylic acids is 1. The lowest BCUT2D eigenvalue weighted by molar-refractivity contribution is -0.139. The zero-order chi connectivity index (χ0) is 22.1. The van der Waals surface area contributed by atoms with Crippen LogP contribution in [-0.2, 0) is 25.1 Å². The lowest BCUT2D eigenvalue weighted by Gasteiger charge is -2.39. The molecule has 0 aliphatic carbocycles. The average Bonchev–Trinajstić information content (AvgIpc) is 3.07. The summed E-state index contributed by atoms with van der Waals surface area (Å²) in [6.45, 7) is 5.99. The molecule has 3 heterocycles. The number of benzene rings is 1. The summed E-state index contributed by atoms with van der Waals surface area (Å²) in [5, 5.41) is 3.09. The van der Waals surface area contributed by atoms with Crippen molar-refractivity contribution >= 4 is 28.1 Å². The third-order valence-corrected chi connectivity index (χ3v) is 7.42. The average molecular weight is 442 g/mol. The van der Waals surface area contributed by atoms with Crippen LogP contribution in [0.4, 0.5) is 5.69 Å². The van der Waals surface area contributed by atoms with Gasteiger partial charge in [0.05, 0.1) is 35.4 Å². The van der Waals surface area contributed by atoms with Crippen LogP contribution < -0.4 is 5.32 Å². The number of aryl methyl sites for hydroxylation is 2. The number of nitrogens with zero attached hydrogens (tertiary/aromatic N) is 2. The molecule has 0 saturated heterocycles. The Morgan fingerprint density at radius 3 is 2.65 bits per heavy atom. The number of nitrogens with one attached hydrogen (secondary N) is 1. The van der Waals surface area contributed by atoms with E-state index in [4.69, 9.17) is 14.5 Å². The second-order valence-corrected chi connectivity index (χ2v) is 9.16. The molecule has 1 N–H and O–H groups in total. The van der Waals surface area contributed by atoms with E-state index in [1.807, 2.05) is 60.8 Å². The molecule has 7 nitrogen and oxygen atoms in total. The van der Waals surface area contributed by atoms with Crippen molar-refractivity contribution in [3.8, 4) is 0 Å². The minimum atomic E-state index is -1.54. The molecule has 4 rings (SSSR count). The summed E-state index contributed by atoms with van der Waals surface area (Å²) in [4.78, 5) is 16.9. The Labute approximate surface area is 184 Å². The van der Waals surface area contributed by atoms with Crippen molar-refractivity contribution in [2.45, 2.75) is 38.2 Å². The smallest absolute Gasteiger partial charge is 0.318 e. The van der Waals surface area contributed by atoms with Gasteiger partial charge in [-0.1, -0.05) is 30.3 Å². The van der Waals surface area contributed by atoms with Crippen LogP contribution in [0.1, 0.15) is 40.7 Å². The number of esters is 1. The maximum atomic E-state index is 13.5. The van der Waals surface area contributed by atoms with Gasteiger partial charge in [-0.05, 0) is 38.0 Å². The Hall–Kier alpha value is -2.71. The molecular formula is C23H27N3O4S. The number of aromatic nitrogens is 2. The van der Waals surface area contributed by atoms with Crippen molar-refractivity contribution < 1.29 is 18.5 Å². The van der Waals surface area contributed by atoms with Crippen molar-refractivity contribution in [3.63, 3.8) is 0 Å². The van der Waals surface area contributed by atoms with E-state index in [9.17, 15) is 9.00 Å². The maximum Gasteiger partial charge on any atom is 0.318 e. The van der Waals surface area contributed by atoms with Gasteiger partial charge in [-0.2, -0.15) is 0 Å². The highest BCUT2D eigenvalue weighted by atomic mass is 32.2.